The molecule has 42 heavy (non-hydrogen) atoms. The minimum atomic E-state index is -2.04. The molecule has 7 rings (SSSR count). The Labute approximate surface area is 247 Å². The predicted octanol–water partition coefficient (Wildman–Crippen LogP) is 8.24. The van der Waals surface area contributed by atoms with Crippen LogP contribution in [-0.2, 0) is 0 Å². The van der Waals surface area contributed by atoms with E-state index in [4.69, 9.17) is 9.97 Å². The van der Waals surface area contributed by atoms with E-state index < -0.39 is 8.07 Å². The number of nitrogens with zero attached hydrogens (tertiary/aromatic N) is 3. The van der Waals surface area contributed by atoms with Gasteiger partial charge in [0.1, 0.15) is 8.07 Å². The molecule has 0 fully saturated rings. The van der Waals surface area contributed by atoms with E-state index in [1.807, 2.05) is 12.1 Å². The second-order valence-corrected chi connectivity index (χ2v) is 15.5. The van der Waals surface area contributed by atoms with Gasteiger partial charge in [0.25, 0.3) is 0 Å². The van der Waals surface area contributed by atoms with Crippen molar-refractivity contribution >= 4 is 29.4 Å². The monoisotopic (exact) mass is 557 g/mol. The largest absolute Gasteiger partial charge is 0.317 e. The predicted molar refractivity (Wildman–Crippen MR) is 178 cm³/mol. The molecule has 0 aliphatic carbocycles. The first-order chi connectivity index (χ1) is 20.6. The maximum Gasteiger partial charge on any atom is 0.160 e. The van der Waals surface area contributed by atoms with Crippen LogP contribution in [0, 0.1) is 0 Å². The highest BCUT2D eigenvalue weighted by atomic mass is 28.3. The van der Waals surface area contributed by atoms with Crippen LogP contribution in [0.1, 0.15) is 0 Å². The Hall–Kier alpha value is -5.06. The van der Waals surface area contributed by atoms with Gasteiger partial charge in [0.15, 0.2) is 5.82 Å². The quantitative estimate of drug-likeness (QED) is 0.193. The summed E-state index contributed by atoms with van der Waals surface area (Å²) in [5.74, 6) is 0.731. The van der Waals surface area contributed by atoms with E-state index in [1.54, 1.807) is 0 Å². The molecule has 0 amide bonds. The van der Waals surface area contributed by atoms with Crippen molar-refractivity contribution in [3.8, 4) is 39.6 Å². The number of aromatic nitrogens is 3. The molecule has 0 N–H and O–H groups in total. The molecule has 7 aromatic rings. The van der Waals surface area contributed by atoms with Crippen molar-refractivity contribution in [2.45, 2.75) is 13.1 Å². The third-order valence-electron chi connectivity index (χ3n) is 8.13. The number of hydrogen-bond donors (Lipinski definition) is 0. The summed E-state index contributed by atoms with van der Waals surface area (Å²) in [5, 5.41) is 4.07. The van der Waals surface area contributed by atoms with Crippen molar-refractivity contribution in [2.75, 3.05) is 0 Å². The van der Waals surface area contributed by atoms with Gasteiger partial charge >= 0.3 is 0 Å². The Morgan fingerprint density at radius 2 is 1.05 bits per heavy atom. The summed E-state index contributed by atoms with van der Waals surface area (Å²) in [4.78, 5) is 10.2. The van der Waals surface area contributed by atoms with E-state index in [9.17, 15) is 0 Å². The SMILES string of the molecule is C[Si](C)(c1ccccc1)c1cn(-c2ccccc2)c2ccc(-c3nc(-c4ccccc4)cc(-c4ccccc4)n3)cc12. The fourth-order valence-corrected chi connectivity index (χ4v) is 8.43. The van der Waals surface area contributed by atoms with Gasteiger partial charge in [-0.2, -0.15) is 0 Å². The lowest BCUT2D eigenvalue weighted by atomic mass is 10.1. The van der Waals surface area contributed by atoms with Crippen LogP contribution in [0.4, 0.5) is 0 Å². The van der Waals surface area contributed by atoms with Crippen LogP contribution in [0.2, 0.25) is 13.1 Å². The number of hydrogen-bond acceptors (Lipinski definition) is 2. The van der Waals surface area contributed by atoms with Gasteiger partial charge in [-0.1, -0.05) is 127 Å². The third-order valence-corrected chi connectivity index (χ3v) is 11.7. The number of rotatable bonds is 6. The summed E-state index contributed by atoms with van der Waals surface area (Å²) in [5.41, 5.74) is 7.36. The Kier molecular flexibility index (Phi) is 6.61. The van der Waals surface area contributed by atoms with Crippen LogP contribution in [0.3, 0.4) is 0 Å². The van der Waals surface area contributed by atoms with Gasteiger partial charge in [-0.15, -0.1) is 0 Å². The molecular formula is C38H31N3Si. The zero-order valence-corrected chi connectivity index (χ0v) is 24.8. The smallest absolute Gasteiger partial charge is 0.160 e. The van der Waals surface area contributed by atoms with Gasteiger partial charge < -0.3 is 4.57 Å². The molecule has 0 saturated carbocycles. The van der Waals surface area contributed by atoms with Crippen molar-refractivity contribution in [3.05, 3.63) is 152 Å². The van der Waals surface area contributed by atoms with E-state index >= 15 is 0 Å². The minimum absolute atomic E-state index is 0.731. The van der Waals surface area contributed by atoms with E-state index in [0.29, 0.717) is 0 Å². The van der Waals surface area contributed by atoms with E-state index in [1.165, 1.54) is 21.3 Å². The zero-order chi connectivity index (χ0) is 28.5. The summed E-state index contributed by atoms with van der Waals surface area (Å²) in [6.07, 6.45) is 2.36. The number of fused-ring (bicyclic) bond motifs is 1. The highest BCUT2D eigenvalue weighted by Crippen LogP contribution is 2.30. The van der Waals surface area contributed by atoms with Gasteiger partial charge in [0, 0.05) is 34.0 Å². The Morgan fingerprint density at radius 1 is 0.524 bits per heavy atom. The van der Waals surface area contributed by atoms with Crippen molar-refractivity contribution in [2.24, 2.45) is 0 Å². The molecule has 0 saturated heterocycles. The van der Waals surface area contributed by atoms with Gasteiger partial charge in [-0.05, 0) is 41.6 Å². The summed E-state index contributed by atoms with van der Waals surface area (Å²) in [6, 6.07) is 51.1. The average molecular weight is 558 g/mol. The fraction of sp³-hybridized carbons (Fsp3) is 0.0526. The molecule has 0 unspecified atom stereocenters. The third kappa shape index (κ3) is 4.76. The van der Waals surface area contributed by atoms with Crippen molar-refractivity contribution in [1.29, 1.82) is 0 Å². The zero-order valence-electron chi connectivity index (χ0n) is 23.8. The molecular weight excluding hydrogens is 527 g/mol. The van der Waals surface area contributed by atoms with E-state index in [2.05, 4.69) is 157 Å². The molecule has 0 bridgehead atoms. The van der Waals surface area contributed by atoms with Crippen molar-refractivity contribution in [1.82, 2.24) is 14.5 Å². The van der Waals surface area contributed by atoms with Crippen LogP contribution in [-0.4, -0.2) is 22.6 Å². The van der Waals surface area contributed by atoms with Crippen molar-refractivity contribution < 1.29 is 0 Å². The molecule has 2 aromatic heterocycles. The summed E-state index contributed by atoms with van der Waals surface area (Å²) in [6.45, 7) is 4.89. The normalized spacial score (nSPS) is 11.6. The molecule has 0 aliphatic rings. The lowest BCUT2D eigenvalue weighted by molar-refractivity contribution is 1.13. The van der Waals surface area contributed by atoms with Crippen LogP contribution in [0.25, 0.3) is 50.5 Å². The fourth-order valence-electron chi connectivity index (χ4n) is 5.77. The van der Waals surface area contributed by atoms with Gasteiger partial charge in [-0.3, -0.25) is 0 Å². The standard InChI is InChI=1S/C38H31N3Si/c1-42(2,32-21-13-6-14-22-32)37-27-41(31-19-11-5-12-20-31)36-24-23-30(25-33(36)37)38-39-34(28-15-7-3-8-16-28)26-35(40-38)29-17-9-4-10-18-29/h3-27H,1-2H3. The maximum atomic E-state index is 5.11. The highest BCUT2D eigenvalue weighted by molar-refractivity contribution is 7.01. The minimum Gasteiger partial charge on any atom is -0.317 e. The second kappa shape index (κ2) is 10.7. The van der Waals surface area contributed by atoms with Gasteiger partial charge in [0.05, 0.1) is 16.9 Å². The number of para-hydroxylation sites is 1. The van der Waals surface area contributed by atoms with Gasteiger partial charge in [-0.25, -0.2) is 9.97 Å². The number of benzene rings is 5. The maximum absolute atomic E-state index is 5.11. The molecule has 0 radical (unpaired) electrons. The molecule has 0 atom stereocenters. The van der Waals surface area contributed by atoms with Crippen LogP contribution < -0.4 is 10.4 Å². The van der Waals surface area contributed by atoms with E-state index in [-0.39, 0.29) is 0 Å². The van der Waals surface area contributed by atoms with Crippen LogP contribution in [0.15, 0.2) is 152 Å². The van der Waals surface area contributed by atoms with Gasteiger partial charge in [0.2, 0.25) is 0 Å². The topological polar surface area (TPSA) is 30.7 Å². The van der Waals surface area contributed by atoms with Crippen LogP contribution >= 0.6 is 0 Å². The highest BCUT2D eigenvalue weighted by Gasteiger charge is 2.30. The lowest BCUT2D eigenvalue weighted by Gasteiger charge is -2.23. The molecule has 202 valence electrons. The van der Waals surface area contributed by atoms with Crippen LogP contribution in [0.5, 0.6) is 0 Å². The average Bonchev–Trinajstić information content (AvgIpc) is 3.46. The first-order valence-corrected chi connectivity index (χ1v) is 17.3. The molecule has 0 aliphatic heterocycles. The van der Waals surface area contributed by atoms with E-state index in [0.717, 1.165) is 39.6 Å². The molecule has 2 heterocycles. The molecule has 5 aromatic carbocycles. The lowest BCUT2D eigenvalue weighted by Crippen LogP contribution is -2.52. The molecule has 4 heteroatoms. The summed E-state index contributed by atoms with van der Waals surface area (Å²) in [7, 11) is -2.04. The molecule has 0 spiro atoms. The first-order valence-electron chi connectivity index (χ1n) is 14.3. The Balaban J connectivity index is 1.46. The summed E-state index contributed by atoms with van der Waals surface area (Å²) >= 11 is 0. The Bertz CT molecular complexity index is 1920. The Morgan fingerprint density at radius 3 is 1.62 bits per heavy atom. The van der Waals surface area contributed by atoms with Crippen molar-refractivity contribution in [3.63, 3.8) is 0 Å². The first kappa shape index (κ1) is 25.9. The summed E-state index contributed by atoms with van der Waals surface area (Å²) < 4.78 is 2.34. The second-order valence-electron chi connectivity index (χ2n) is 11.2. The molecule has 3 nitrogen and oxygen atoms in total.